The van der Waals surface area contributed by atoms with Crippen LogP contribution in [0.15, 0.2) is 30.3 Å². The molecule has 6 heteroatoms. The van der Waals surface area contributed by atoms with Crippen LogP contribution in [0.4, 0.5) is 0 Å². The van der Waals surface area contributed by atoms with Crippen LogP contribution in [0.5, 0.6) is 5.75 Å². The fraction of sp³-hybridized carbons (Fsp3) is 0.625. The Bertz CT molecular complexity index is 321. The zero-order valence-corrected chi connectivity index (χ0v) is 13.4. The van der Waals surface area contributed by atoms with Gasteiger partial charge in [0.2, 0.25) is 0 Å². The maximum atomic E-state index is 8.21. The van der Waals surface area contributed by atoms with Gasteiger partial charge in [-0.2, -0.15) is 0 Å². The Hall–Kier alpha value is -1.18. The molecule has 1 atom stereocenters. The van der Waals surface area contributed by atoms with E-state index >= 15 is 0 Å². The molecule has 1 aromatic rings. The molecular weight excluding hydrogens is 284 g/mol. The lowest BCUT2D eigenvalue weighted by atomic mass is 10.3. The lowest BCUT2D eigenvalue weighted by molar-refractivity contribution is 0.0388. The fourth-order valence-corrected chi connectivity index (χ4v) is 1.27. The minimum atomic E-state index is -0.00926. The predicted molar refractivity (Wildman–Crippen MR) is 88.0 cm³/mol. The Balaban J connectivity index is 0.000000626. The maximum absolute atomic E-state index is 8.21. The van der Waals surface area contributed by atoms with Gasteiger partial charge < -0.3 is 30.8 Å². The lowest BCUT2D eigenvalue weighted by Crippen LogP contribution is -2.22. The molecule has 0 aliphatic rings. The first-order valence-electron chi connectivity index (χ1n) is 7.64. The number of para-hydroxylation sites is 1. The molecule has 0 amide bonds. The van der Waals surface area contributed by atoms with Crippen LogP contribution >= 0.6 is 0 Å². The Kier molecular flexibility index (Phi) is 15.3. The molecule has 5 N–H and O–H groups in total. The van der Waals surface area contributed by atoms with Crippen LogP contribution < -0.4 is 16.2 Å². The summed E-state index contributed by atoms with van der Waals surface area (Å²) in [5, 5.41) is 8.21. The molecule has 0 aromatic heterocycles. The number of aliphatic hydroxyl groups is 1. The van der Waals surface area contributed by atoms with Gasteiger partial charge >= 0.3 is 0 Å². The quantitative estimate of drug-likeness (QED) is 0.522. The first kappa shape index (κ1) is 20.8. The van der Waals surface area contributed by atoms with Crippen LogP contribution in [0.2, 0.25) is 0 Å². The summed E-state index contributed by atoms with van der Waals surface area (Å²) in [5.74, 6) is 0.866. The highest BCUT2D eigenvalue weighted by Crippen LogP contribution is 2.07. The SMILES string of the molecule is CCC(N)CO.NCCOCCOCCOc1ccccc1. The van der Waals surface area contributed by atoms with Gasteiger partial charge in [-0.25, -0.2) is 0 Å². The molecular formula is C16H30N2O4. The summed E-state index contributed by atoms with van der Waals surface area (Å²) in [7, 11) is 0. The molecule has 0 saturated carbocycles. The van der Waals surface area contributed by atoms with Gasteiger partial charge in [-0.3, -0.25) is 0 Å². The molecule has 0 fully saturated rings. The van der Waals surface area contributed by atoms with E-state index < -0.39 is 0 Å². The van der Waals surface area contributed by atoms with Crippen molar-refractivity contribution < 1.29 is 19.3 Å². The van der Waals surface area contributed by atoms with Crippen molar-refractivity contribution in [1.29, 1.82) is 0 Å². The van der Waals surface area contributed by atoms with Crippen LogP contribution in [0.3, 0.4) is 0 Å². The molecule has 0 bridgehead atoms. The summed E-state index contributed by atoms with van der Waals surface area (Å²) in [6, 6.07) is 9.67. The van der Waals surface area contributed by atoms with Crippen molar-refractivity contribution >= 4 is 0 Å². The highest BCUT2D eigenvalue weighted by Gasteiger charge is 1.92. The molecule has 0 heterocycles. The normalized spacial score (nSPS) is 11.5. The second-order valence-corrected chi connectivity index (χ2v) is 4.53. The Labute approximate surface area is 133 Å². The molecule has 1 aromatic carbocycles. The topological polar surface area (TPSA) is 100.0 Å². The molecule has 128 valence electrons. The number of benzene rings is 1. The van der Waals surface area contributed by atoms with Gasteiger partial charge in [0.15, 0.2) is 0 Å². The second kappa shape index (κ2) is 16.2. The Morgan fingerprint density at radius 1 is 1.00 bits per heavy atom. The van der Waals surface area contributed by atoms with Gasteiger partial charge in [-0.15, -0.1) is 0 Å². The molecule has 0 radical (unpaired) electrons. The summed E-state index contributed by atoms with van der Waals surface area (Å²) < 4.78 is 15.9. The van der Waals surface area contributed by atoms with Gasteiger partial charge in [0, 0.05) is 12.6 Å². The van der Waals surface area contributed by atoms with E-state index in [9.17, 15) is 0 Å². The zero-order valence-electron chi connectivity index (χ0n) is 13.4. The number of aliphatic hydroxyl groups excluding tert-OH is 1. The van der Waals surface area contributed by atoms with Gasteiger partial charge in [-0.05, 0) is 18.6 Å². The summed E-state index contributed by atoms with van der Waals surface area (Å²) in [6.45, 7) is 5.49. The van der Waals surface area contributed by atoms with Gasteiger partial charge in [-0.1, -0.05) is 25.1 Å². The molecule has 22 heavy (non-hydrogen) atoms. The molecule has 0 spiro atoms. The van der Waals surface area contributed by atoms with Crippen molar-refractivity contribution in [2.75, 3.05) is 46.2 Å². The second-order valence-electron chi connectivity index (χ2n) is 4.53. The van der Waals surface area contributed by atoms with Crippen molar-refractivity contribution in [2.24, 2.45) is 11.5 Å². The monoisotopic (exact) mass is 314 g/mol. The smallest absolute Gasteiger partial charge is 0.119 e. The van der Waals surface area contributed by atoms with Crippen molar-refractivity contribution in [3.63, 3.8) is 0 Å². The van der Waals surface area contributed by atoms with E-state index in [0.29, 0.717) is 39.6 Å². The van der Waals surface area contributed by atoms with E-state index in [1.54, 1.807) is 0 Å². The summed E-state index contributed by atoms with van der Waals surface area (Å²) in [6.07, 6.45) is 0.858. The molecule has 0 saturated heterocycles. The minimum absolute atomic E-state index is 0.00926. The number of hydrogen-bond donors (Lipinski definition) is 3. The first-order chi connectivity index (χ1) is 10.7. The standard InChI is InChI=1S/C12H19NO3.C4H11NO/c13-6-7-14-8-9-15-10-11-16-12-4-2-1-3-5-12;1-2-4(5)3-6/h1-5H,6-11,13H2;4,6H,2-3,5H2,1H3. The van der Waals surface area contributed by atoms with E-state index in [0.717, 1.165) is 12.2 Å². The number of ether oxygens (including phenoxy) is 3. The first-order valence-corrected chi connectivity index (χ1v) is 7.64. The molecule has 1 unspecified atom stereocenters. The third-order valence-corrected chi connectivity index (χ3v) is 2.63. The number of nitrogens with two attached hydrogens (primary N) is 2. The fourth-order valence-electron chi connectivity index (χ4n) is 1.27. The molecule has 0 aliphatic carbocycles. The largest absolute Gasteiger partial charge is 0.491 e. The van der Waals surface area contributed by atoms with Crippen LogP contribution in [0.25, 0.3) is 0 Å². The third-order valence-electron chi connectivity index (χ3n) is 2.63. The van der Waals surface area contributed by atoms with Crippen LogP contribution in [0.1, 0.15) is 13.3 Å². The highest BCUT2D eigenvalue weighted by molar-refractivity contribution is 5.20. The van der Waals surface area contributed by atoms with Crippen molar-refractivity contribution in [1.82, 2.24) is 0 Å². The van der Waals surface area contributed by atoms with E-state index in [2.05, 4.69) is 0 Å². The Morgan fingerprint density at radius 2 is 1.59 bits per heavy atom. The lowest BCUT2D eigenvalue weighted by Gasteiger charge is -2.07. The summed E-state index contributed by atoms with van der Waals surface area (Å²) >= 11 is 0. The van der Waals surface area contributed by atoms with Crippen molar-refractivity contribution in [3.05, 3.63) is 30.3 Å². The third kappa shape index (κ3) is 13.8. The zero-order chi connectivity index (χ0) is 16.5. The summed E-state index contributed by atoms with van der Waals surface area (Å²) in [5.41, 5.74) is 10.5. The maximum Gasteiger partial charge on any atom is 0.119 e. The number of rotatable bonds is 11. The molecule has 1 rings (SSSR count). The van der Waals surface area contributed by atoms with Crippen molar-refractivity contribution in [3.8, 4) is 5.75 Å². The summed E-state index contributed by atoms with van der Waals surface area (Å²) in [4.78, 5) is 0. The van der Waals surface area contributed by atoms with E-state index in [-0.39, 0.29) is 12.6 Å². The highest BCUT2D eigenvalue weighted by atomic mass is 16.5. The van der Waals surface area contributed by atoms with Gasteiger partial charge in [0.1, 0.15) is 12.4 Å². The van der Waals surface area contributed by atoms with Crippen molar-refractivity contribution in [2.45, 2.75) is 19.4 Å². The van der Waals surface area contributed by atoms with E-state index in [1.807, 2.05) is 37.3 Å². The van der Waals surface area contributed by atoms with E-state index in [4.69, 9.17) is 30.8 Å². The van der Waals surface area contributed by atoms with E-state index in [1.165, 1.54) is 0 Å². The molecule has 0 aliphatic heterocycles. The average Bonchev–Trinajstić information content (AvgIpc) is 2.58. The van der Waals surface area contributed by atoms with Crippen LogP contribution in [-0.4, -0.2) is 57.3 Å². The van der Waals surface area contributed by atoms with Gasteiger partial charge in [0.25, 0.3) is 0 Å². The number of hydrogen-bond acceptors (Lipinski definition) is 6. The average molecular weight is 314 g/mol. The molecule has 6 nitrogen and oxygen atoms in total. The van der Waals surface area contributed by atoms with Gasteiger partial charge in [0.05, 0.1) is 33.0 Å². The minimum Gasteiger partial charge on any atom is -0.491 e. The van der Waals surface area contributed by atoms with Crippen LogP contribution in [0, 0.1) is 0 Å². The predicted octanol–water partition coefficient (Wildman–Crippen LogP) is 0.773. The Morgan fingerprint density at radius 3 is 2.09 bits per heavy atom. The van der Waals surface area contributed by atoms with Crippen LogP contribution in [-0.2, 0) is 9.47 Å².